The zero-order valence-electron chi connectivity index (χ0n) is 16.9. The number of likely N-dealkylation sites (tertiary alicyclic amines) is 1. The minimum absolute atomic E-state index is 0.430. The molecule has 3 aromatic heterocycles. The lowest BCUT2D eigenvalue weighted by atomic mass is 9.90. The van der Waals surface area contributed by atoms with Crippen LogP contribution in [0, 0.1) is 6.92 Å². The summed E-state index contributed by atoms with van der Waals surface area (Å²) in [6, 6.07) is 6.36. The Hall–Kier alpha value is -2.25. The number of aromatic nitrogens is 3. The highest BCUT2D eigenvalue weighted by atomic mass is 32.1. The Balaban J connectivity index is 1.39. The number of aryl methyl sites for hydroxylation is 1. The second-order valence-corrected chi connectivity index (χ2v) is 9.16. The number of rotatable bonds is 5. The smallest absolute Gasteiger partial charge is 0.225 e. The second kappa shape index (κ2) is 8.24. The van der Waals surface area contributed by atoms with Crippen LogP contribution < -0.4 is 4.90 Å². The van der Waals surface area contributed by atoms with E-state index in [9.17, 15) is 0 Å². The molecule has 0 spiro atoms. The molecule has 0 aromatic carbocycles. The molecule has 0 unspecified atom stereocenters. The lowest BCUT2D eigenvalue weighted by molar-refractivity contribution is 0.205. The van der Waals surface area contributed by atoms with Crippen molar-refractivity contribution in [2.45, 2.75) is 45.1 Å². The normalized spacial score (nSPS) is 18.6. The topological polar surface area (TPSA) is 58.3 Å². The molecule has 2 aliphatic rings. The fourth-order valence-corrected chi connectivity index (χ4v) is 5.18. The van der Waals surface area contributed by atoms with E-state index in [1.165, 1.54) is 17.7 Å². The van der Waals surface area contributed by atoms with Crippen LogP contribution in [0.2, 0.25) is 0 Å². The summed E-state index contributed by atoms with van der Waals surface area (Å²) in [5.74, 6) is 2.09. The first kappa shape index (κ1) is 18.8. The molecule has 7 heteroatoms. The molecule has 2 fully saturated rings. The monoisotopic (exact) mass is 409 g/mol. The maximum atomic E-state index is 5.59. The lowest BCUT2D eigenvalue weighted by Gasteiger charge is -2.32. The van der Waals surface area contributed by atoms with Crippen molar-refractivity contribution in [3.8, 4) is 11.3 Å². The van der Waals surface area contributed by atoms with E-state index in [1.807, 2.05) is 30.5 Å². The molecule has 0 N–H and O–H groups in total. The van der Waals surface area contributed by atoms with Crippen LogP contribution >= 0.6 is 11.3 Å². The Bertz CT molecular complexity index is 940. The molecule has 3 aromatic rings. The molecule has 0 aliphatic carbocycles. The predicted molar refractivity (Wildman–Crippen MR) is 115 cm³/mol. The second-order valence-electron chi connectivity index (χ2n) is 8.13. The summed E-state index contributed by atoms with van der Waals surface area (Å²) < 4.78 is 5.59. The Kier molecular flexibility index (Phi) is 5.33. The molecule has 2 saturated heterocycles. The van der Waals surface area contributed by atoms with Crippen molar-refractivity contribution < 1.29 is 4.52 Å². The van der Waals surface area contributed by atoms with Crippen LogP contribution in [-0.2, 0) is 6.54 Å². The lowest BCUT2D eigenvalue weighted by Crippen LogP contribution is -2.33. The van der Waals surface area contributed by atoms with Gasteiger partial charge in [-0.15, -0.1) is 11.3 Å². The fourth-order valence-electron chi connectivity index (χ4n) is 4.43. The largest absolute Gasteiger partial charge is 0.356 e. The van der Waals surface area contributed by atoms with Crippen LogP contribution in [0.1, 0.15) is 47.9 Å². The standard InChI is InChI=1S/C22H27N5OS/c1-16-13-20(28-25-16)19-14-23-22(27-8-2-3-9-27)24-21(19)17-6-10-26(11-7-17)15-18-5-4-12-29-18/h4-5,12-14,17H,2-3,6-11,15H2,1H3. The SMILES string of the molecule is Cc1cc(-c2cnc(N3CCCC3)nc2C2CCN(Cc3cccs3)CC2)on1. The van der Waals surface area contributed by atoms with E-state index in [0.717, 1.165) is 74.2 Å². The van der Waals surface area contributed by atoms with Gasteiger partial charge in [0.25, 0.3) is 0 Å². The highest BCUT2D eigenvalue weighted by molar-refractivity contribution is 7.09. The van der Waals surface area contributed by atoms with Gasteiger partial charge in [0.05, 0.1) is 17.0 Å². The Labute approximate surface area is 175 Å². The van der Waals surface area contributed by atoms with Gasteiger partial charge in [-0.05, 0) is 57.1 Å². The van der Waals surface area contributed by atoms with Crippen LogP contribution in [0.3, 0.4) is 0 Å². The van der Waals surface area contributed by atoms with Gasteiger partial charge in [-0.3, -0.25) is 4.90 Å². The molecule has 0 bridgehead atoms. The first-order chi connectivity index (χ1) is 14.3. The first-order valence-corrected chi connectivity index (χ1v) is 11.4. The van der Waals surface area contributed by atoms with E-state index >= 15 is 0 Å². The van der Waals surface area contributed by atoms with Crippen LogP contribution in [0.25, 0.3) is 11.3 Å². The van der Waals surface area contributed by atoms with E-state index in [-0.39, 0.29) is 0 Å². The van der Waals surface area contributed by atoms with Crippen molar-refractivity contribution in [1.82, 2.24) is 20.0 Å². The first-order valence-electron chi connectivity index (χ1n) is 10.6. The average molecular weight is 410 g/mol. The maximum Gasteiger partial charge on any atom is 0.225 e. The Morgan fingerprint density at radius 3 is 2.69 bits per heavy atom. The molecule has 5 rings (SSSR count). The van der Waals surface area contributed by atoms with Gasteiger partial charge in [-0.2, -0.15) is 0 Å². The van der Waals surface area contributed by atoms with Gasteiger partial charge in [-0.1, -0.05) is 11.2 Å². The van der Waals surface area contributed by atoms with Gasteiger partial charge in [0, 0.05) is 42.7 Å². The number of anilines is 1. The molecule has 152 valence electrons. The van der Waals surface area contributed by atoms with E-state index in [4.69, 9.17) is 9.51 Å². The molecule has 2 aliphatic heterocycles. The number of thiophene rings is 1. The highest BCUT2D eigenvalue weighted by Gasteiger charge is 2.27. The third-order valence-corrected chi connectivity index (χ3v) is 6.88. The number of hydrogen-bond acceptors (Lipinski definition) is 7. The van der Waals surface area contributed by atoms with Gasteiger partial charge in [0.1, 0.15) is 0 Å². The molecule has 5 heterocycles. The van der Waals surface area contributed by atoms with Crippen molar-refractivity contribution in [3.05, 3.63) is 46.0 Å². The van der Waals surface area contributed by atoms with Crippen molar-refractivity contribution in [2.75, 3.05) is 31.1 Å². The summed E-state index contributed by atoms with van der Waals surface area (Å²) in [4.78, 5) is 16.1. The highest BCUT2D eigenvalue weighted by Crippen LogP contribution is 2.35. The van der Waals surface area contributed by atoms with Crippen molar-refractivity contribution >= 4 is 17.3 Å². The summed E-state index contributed by atoms with van der Waals surface area (Å²) in [5.41, 5.74) is 3.03. The third-order valence-electron chi connectivity index (χ3n) is 6.02. The third kappa shape index (κ3) is 4.07. The quantitative estimate of drug-likeness (QED) is 0.619. The van der Waals surface area contributed by atoms with Gasteiger partial charge < -0.3 is 9.42 Å². The van der Waals surface area contributed by atoms with Crippen molar-refractivity contribution in [2.24, 2.45) is 0 Å². The number of nitrogens with zero attached hydrogens (tertiary/aromatic N) is 5. The van der Waals surface area contributed by atoms with E-state index in [1.54, 1.807) is 0 Å². The summed E-state index contributed by atoms with van der Waals surface area (Å²) >= 11 is 1.84. The zero-order valence-corrected chi connectivity index (χ0v) is 17.7. The molecule has 0 atom stereocenters. The molecule has 0 radical (unpaired) electrons. The molecule has 0 amide bonds. The molecule has 0 saturated carbocycles. The summed E-state index contributed by atoms with van der Waals surface area (Å²) in [7, 11) is 0. The number of piperidine rings is 1. The summed E-state index contributed by atoms with van der Waals surface area (Å²) in [5, 5.41) is 6.25. The van der Waals surface area contributed by atoms with Gasteiger partial charge in [0.2, 0.25) is 5.95 Å². The van der Waals surface area contributed by atoms with Crippen LogP contribution in [0.4, 0.5) is 5.95 Å². The Morgan fingerprint density at radius 1 is 1.17 bits per heavy atom. The minimum atomic E-state index is 0.430. The van der Waals surface area contributed by atoms with Gasteiger partial charge in [0.15, 0.2) is 5.76 Å². The van der Waals surface area contributed by atoms with E-state index < -0.39 is 0 Å². The average Bonchev–Trinajstić information content (AvgIpc) is 3.51. The fraction of sp³-hybridized carbons (Fsp3) is 0.500. The van der Waals surface area contributed by atoms with Crippen LogP contribution in [0.5, 0.6) is 0 Å². The van der Waals surface area contributed by atoms with Crippen molar-refractivity contribution in [1.29, 1.82) is 0 Å². The predicted octanol–water partition coefficient (Wildman–Crippen LogP) is 4.48. The van der Waals surface area contributed by atoms with Gasteiger partial charge >= 0.3 is 0 Å². The summed E-state index contributed by atoms with van der Waals surface area (Å²) in [6.07, 6.45) is 6.63. The molecular formula is C22H27N5OS. The summed E-state index contributed by atoms with van der Waals surface area (Å²) in [6.45, 7) is 7.32. The molecular weight excluding hydrogens is 382 g/mol. The van der Waals surface area contributed by atoms with Crippen LogP contribution in [-0.4, -0.2) is 46.2 Å². The minimum Gasteiger partial charge on any atom is -0.356 e. The maximum absolute atomic E-state index is 5.59. The zero-order chi connectivity index (χ0) is 19.6. The number of hydrogen-bond donors (Lipinski definition) is 0. The van der Waals surface area contributed by atoms with Crippen molar-refractivity contribution in [3.63, 3.8) is 0 Å². The van der Waals surface area contributed by atoms with E-state index in [2.05, 4.69) is 37.5 Å². The van der Waals surface area contributed by atoms with Gasteiger partial charge in [-0.25, -0.2) is 9.97 Å². The van der Waals surface area contributed by atoms with Crippen LogP contribution in [0.15, 0.2) is 34.3 Å². The molecule has 6 nitrogen and oxygen atoms in total. The van der Waals surface area contributed by atoms with E-state index in [0.29, 0.717) is 5.92 Å². The Morgan fingerprint density at radius 2 is 2.00 bits per heavy atom. The molecule has 29 heavy (non-hydrogen) atoms.